The van der Waals surface area contributed by atoms with Crippen molar-refractivity contribution >= 4 is 34.5 Å². The Morgan fingerprint density at radius 3 is 2.89 bits per heavy atom. The molecule has 0 aromatic heterocycles. The van der Waals surface area contributed by atoms with Crippen molar-refractivity contribution in [2.75, 3.05) is 12.4 Å². The lowest BCUT2D eigenvalue weighted by atomic mass is 10.1. The first kappa shape index (κ1) is 13.6. The first-order valence-corrected chi connectivity index (χ1v) is 6.77. The summed E-state index contributed by atoms with van der Waals surface area (Å²) < 4.78 is 5.36. The predicted octanol–water partition coefficient (Wildman–Crippen LogP) is 2.95. The molecule has 3 nitrogen and oxygen atoms in total. The van der Waals surface area contributed by atoms with Crippen LogP contribution in [0.15, 0.2) is 18.2 Å². The van der Waals surface area contributed by atoms with Crippen molar-refractivity contribution in [1.82, 2.24) is 0 Å². The highest BCUT2D eigenvalue weighted by atomic mass is 35.5. The smallest absolute Gasteiger partial charge is 0.106 e. The van der Waals surface area contributed by atoms with Crippen molar-refractivity contribution in [3.05, 3.63) is 28.8 Å². The van der Waals surface area contributed by atoms with Gasteiger partial charge in [-0.3, -0.25) is 0 Å². The zero-order valence-electron chi connectivity index (χ0n) is 10.3. The summed E-state index contributed by atoms with van der Waals surface area (Å²) in [6, 6.07) is 5.98. The maximum Gasteiger partial charge on any atom is 0.106 e. The van der Waals surface area contributed by atoms with Gasteiger partial charge in [0.15, 0.2) is 0 Å². The van der Waals surface area contributed by atoms with E-state index in [4.69, 9.17) is 34.3 Å². The maximum absolute atomic E-state index is 5.96. The lowest BCUT2D eigenvalue weighted by molar-refractivity contribution is 0.108. The van der Waals surface area contributed by atoms with Crippen molar-refractivity contribution in [1.29, 1.82) is 0 Å². The van der Waals surface area contributed by atoms with Crippen LogP contribution in [-0.2, 0) is 4.74 Å². The van der Waals surface area contributed by atoms with Crippen LogP contribution in [0.1, 0.15) is 24.8 Å². The highest BCUT2D eigenvalue weighted by Gasteiger charge is 2.24. The van der Waals surface area contributed by atoms with Crippen LogP contribution in [-0.4, -0.2) is 24.2 Å². The molecule has 1 aromatic rings. The lowest BCUT2D eigenvalue weighted by Gasteiger charge is -2.17. The summed E-state index contributed by atoms with van der Waals surface area (Å²) in [6.07, 6.45) is 3.54. The van der Waals surface area contributed by atoms with Crippen LogP contribution in [0, 0.1) is 0 Å². The summed E-state index contributed by atoms with van der Waals surface area (Å²) >= 11 is 11.0. The Morgan fingerprint density at radius 2 is 2.28 bits per heavy atom. The minimum absolute atomic E-state index is 0.350. The lowest BCUT2D eigenvalue weighted by Crippen LogP contribution is -2.20. The molecule has 0 amide bonds. The SMILES string of the molecule is COC1CCC(Nc2ccc(Cl)cc2C(N)=S)C1. The van der Waals surface area contributed by atoms with Gasteiger partial charge in [-0.05, 0) is 37.5 Å². The van der Waals surface area contributed by atoms with E-state index < -0.39 is 0 Å². The van der Waals surface area contributed by atoms with Crippen LogP contribution in [0.25, 0.3) is 0 Å². The molecule has 3 N–H and O–H groups in total. The molecule has 2 rings (SSSR count). The molecule has 2 atom stereocenters. The van der Waals surface area contributed by atoms with Crippen molar-refractivity contribution in [3.8, 4) is 0 Å². The van der Waals surface area contributed by atoms with E-state index in [1.54, 1.807) is 13.2 Å². The average Bonchev–Trinajstić information content (AvgIpc) is 2.79. The first-order valence-electron chi connectivity index (χ1n) is 5.99. The molecule has 0 heterocycles. The van der Waals surface area contributed by atoms with E-state index in [1.165, 1.54) is 0 Å². The second kappa shape index (κ2) is 5.87. The summed E-state index contributed by atoms with van der Waals surface area (Å²) in [4.78, 5) is 0.362. The van der Waals surface area contributed by atoms with Gasteiger partial charge in [0.1, 0.15) is 4.99 Å². The number of hydrogen-bond acceptors (Lipinski definition) is 3. The molecular weight excluding hydrogens is 268 g/mol. The van der Waals surface area contributed by atoms with Crippen molar-refractivity contribution < 1.29 is 4.74 Å². The zero-order valence-corrected chi connectivity index (χ0v) is 11.9. The van der Waals surface area contributed by atoms with Gasteiger partial charge in [-0.25, -0.2) is 0 Å². The van der Waals surface area contributed by atoms with E-state index in [2.05, 4.69) is 5.32 Å². The van der Waals surface area contributed by atoms with E-state index in [0.717, 1.165) is 30.5 Å². The quantitative estimate of drug-likeness (QED) is 0.835. The largest absolute Gasteiger partial charge is 0.389 e. The molecule has 0 saturated heterocycles. The molecule has 0 spiro atoms. The Morgan fingerprint density at radius 1 is 1.50 bits per heavy atom. The number of benzene rings is 1. The van der Waals surface area contributed by atoms with Crippen molar-refractivity contribution in [2.24, 2.45) is 5.73 Å². The standard InChI is InChI=1S/C13H17ClN2OS/c1-17-10-4-3-9(7-10)16-12-5-2-8(14)6-11(12)13(15)18/h2,5-6,9-10,16H,3-4,7H2,1H3,(H2,15,18). The zero-order chi connectivity index (χ0) is 13.1. The summed E-state index contributed by atoms with van der Waals surface area (Å²) in [5, 5.41) is 4.12. The number of ether oxygens (including phenoxy) is 1. The number of nitrogens with two attached hydrogens (primary N) is 1. The second-order valence-corrected chi connectivity index (χ2v) is 5.44. The molecular formula is C13H17ClN2OS. The second-order valence-electron chi connectivity index (χ2n) is 4.57. The number of nitrogens with one attached hydrogen (secondary N) is 1. The molecule has 0 bridgehead atoms. The van der Waals surface area contributed by atoms with Gasteiger partial charge in [-0.2, -0.15) is 0 Å². The van der Waals surface area contributed by atoms with Gasteiger partial charge in [0.25, 0.3) is 0 Å². The van der Waals surface area contributed by atoms with Crippen LogP contribution < -0.4 is 11.1 Å². The van der Waals surface area contributed by atoms with Crippen LogP contribution >= 0.6 is 23.8 Å². The number of methoxy groups -OCH3 is 1. The van der Waals surface area contributed by atoms with Gasteiger partial charge in [-0.1, -0.05) is 23.8 Å². The molecule has 1 aliphatic rings. The minimum Gasteiger partial charge on any atom is -0.389 e. The van der Waals surface area contributed by atoms with Gasteiger partial charge >= 0.3 is 0 Å². The maximum atomic E-state index is 5.96. The molecule has 18 heavy (non-hydrogen) atoms. The molecule has 98 valence electrons. The Bertz CT molecular complexity index is 453. The van der Waals surface area contributed by atoms with E-state index in [9.17, 15) is 0 Å². The normalized spacial score (nSPS) is 23.0. The molecule has 1 aromatic carbocycles. The van der Waals surface area contributed by atoms with Gasteiger partial charge in [0.2, 0.25) is 0 Å². The van der Waals surface area contributed by atoms with Crippen molar-refractivity contribution in [2.45, 2.75) is 31.4 Å². The number of thiocarbonyl (C=S) groups is 1. The average molecular weight is 285 g/mol. The number of rotatable bonds is 4. The predicted molar refractivity (Wildman–Crippen MR) is 79.4 cm³/mol. The fraction of sp³-hybridized carbons (Fsp3) is 0.462. The Labute approximate surface area is 118 Å². The Balaban J connectivity index is 2.12. The topological polar surface area (TPSA) is 47.3 Å². The number of hydrogen-bond donors (Lipinski definition) is 2. The summed E-state index contributed by atoms with van der Waals surface area (Å²) in [5.74, 6) is 0. The van der Waals surface area contributed by atoms with Gasteiger partial charge in [-0.15, -0.1) is 0 Å². The first-order chi connectivity index (χ1) is 8.60. The van der Waals surface area contributed by atoms with Crippen LogP contribution in [0.5, 0.6) is 0 Å². The number of halogens is 1. The van der Waals surface area contributed by atoms with Crippen molar-refractivity contribution in [3.63, 3.8) is 0 Å². The summed E-state index contributed by atoms with van der Waals surface area (Å²) in [5.41, 5.74) is 7.48. The Kier molecular flexibility index (Phi) is 4.43. The van der Waals surface area contributed by atoms with Gasteiger partial charge < -0.3 is 15.8 Å². The molecule has 2 unspecified atom stereocenters. The summed E-state index contributed by atoms with van der Waals surface area (Å²) in [7, 11) is 1.76. The third kappa shape index (κ3) is 3.13. The van der Waals surface area contributed by atoms with E-state index in [0.29, 0.717) is 22.2 Å². The minimum atomic E-state index is 0.350. The van der Waals surface area contributed by atoms with Gasteiger partial charge in [0, 0.05) is 29.4 Å². The van der Waals surface area contributed by atoms with E-state index >= 15 is 0 Å². The summed E-state index contributed by atoms with van der Waals surface area (Å²) in [6.45, 7) is 0. The fourth-order valence-corrected chi connectivity index (χ4v) is 2.69. The Hall–Kier alpha value is -0.840. The van der Waals surface area contributed by atoms with Crippen LogP contribution in [0.2, 0.25) is 5.02 Å². The molecule has 1 fully saturated rings. The highest BCUT2D eigenvalue weighted by Crippen LogP contribution is 2.27. The molecule has 0 radical (unpaired) electrons. The molecule has 5 heteroatoms. The molecule has 1 saturated carbocycles. The van der Waals surface area contributed by atoms with Crippen LogP contribution in [0.3, 0.4) is 0 Å². The fourth-order valence-electron chi connectivity index (χ4n) is 2.35. The third-order valence-electron chi connectivity index (χ3n) is 3.32. The third-order valence-corrected chi connectivity index (χ3v) is 3.78. The van der Waals surface area contributed by atoms with E-state index in [1.807, 2.05) is 12.1 Å². The highest BCUT2D eigenvalue weighted by molar-refractivity contribution is 7.80. The molecule has 0 aliphatic heterocycles. The van der Waals surface area contributed by atoms with E-state index in [-0.39, 0.29) is 0 Å². The monoisotopic (exact) mass is 284 g/mol. The molecule has 1 aliphatic carbocycles. The van der Waals surface area contributed by atoms with Gasteiger partial charge in [0.05, 0.1) is 6.10 Å². The number of anilines is 1. The van der Waals surface area contributed by atoms with Crippen LogP contribution in [0.4, 0.5) is 5.69 Å².